The summed E-state index contributed by atoms with van der Waals surface area (Å²) in [6, 6.07) is 9.05. The van der Waals surface area contributed by atoms with Crippen LogP contribution in [0.15, 0.2) is 39.9 Å². The Balaban J connectivity index is 2.14. The predicted molar refractivity (Wildman–Crippen MR) is 89.8 cm³/mol. The molecule has 0 aromatic heterocycles. The molecule has 0 atom stereocenters. The molecule has 110 valence electrons. The number of hydrogen-bond donors (Lipinski definition) is 2. The third kappa shape index (κ3) is 3.89. The zero-order chi connectivity index (χ0) is 15.4. The quantitative estimate of drug-likeness (QED) is 0.613. The summed E-state index contributed by atoms with van der Waals surface area (Å²) in [5, 5.41) is 14.6. The maximum atomic E-state index is 9.74. The Labute approximate surface area is 136 Å². The van der Waals surface area contributed by atoms with E-state index >= 15 is 0 Å². The van der Waals surface area contributed by atoms with E-state index in [4.69, 9.17) is 16.3 Å². The van der Waals surface area contributed by atoms with E-state index in [-0.39, 0.29) is 5.75 Å². The van der Waals surface area contributed by atoms with Crippen LogP contribution in [-0.4, -0.2) is 18.4 Å². The number of methoxy groups -OCH3 is 1. The zero-order valence-electron chi connectivity index (χ0n) is 11.5. The van der Waals surface area contributed by atoms with Gasteiger partial charge in [-0.15, -0.1) is 0 Å². The molecule has 2 aromatic rings. The van der Waals surface area contributed by atoms with Gasteiger partial charge in [0.25, 0.3) is 0 Å². The molecular formula is C15H14BrClN2O2. The van der Waals surface area contributed by atoms with Gasteiger partial charge >= 0.3 is 0 Å². The summed E-state index contributed by atoms with van der Waals surface area (Å²) in [7, 11) is 1.50. The van der Waals surface area contributed by atoms with Crippen molar-refractivity contribution >= 4 is 39.4 Å². The summed E-state index contributed by atoms with van der Waals surface area (Å²) in [4.78, 5) is 0. The van der Waals surface area contributed by atoms with E-state index in [1.54, 1.807) is 18.3 Å². The van der Waals surface area contributed by atoms with Gasteiger partial charge in [-0.3, -0.25) is 5.43 Å². The Morgan fingerprint density at radius 3 is 2.76 bits per heavy atom. The van der Waals surface area contributed by atoms with Crippen molar-refractivity contribution < 1.29 is 9.84 Å². The van der Waals surface area contributed by atoms with Crippen LogP contribution < -0.4 is 10.2 Å². The first kappa shape index (κ1) is 15.7. The molecule has 4 nitrogen and oxygen atoms in total. The first-order valence-corrected chi connectivity index (χ1v) is 7.30. The highest BCUT2D eigenvalue weighted by atomic mass is 79.9. The summed E-state index contributed by atoms with van der Waals surface area (Å²) in [5.41, 5.74) is 5.49. The first-order valence-electron chi connectivity index (χ1n) is 6.13. The molecule has 0 saturated heterocycles. The topological polar surface area (TPSA) is 53.8 Å². The highest BCUT2D eigenvalue weighted by Gasteiger charge is 2.07. The average Bonchev–Trinajstić information content (AvgIpc) is 2.46. The molecule has 21 heavy (non-hydrogen) atoms. The Kier molecular flexibility index (Phi) is 5.09. The lowest BCUT2D eigenvalue weighted by Crippen LogP contribution is -1.93. The number of nitrogens with one attached hydrogen (secondary N) is 1. The third-order valence-electron chi connectivity index (χ3n) is 2.85. The number of ether oxygens (including phenoxy) is 1. The molecule has 0 aliphatic heterocycles. The second-order valence-electron chi connectivity index (χ2n) is 4.39. The van der Waals surface area contributed by atoms with E-state index in [9.17, 15) is 5.11 Å². The van der Waals surface area contributed by atoms with Crippen LogP contribution in [0.3, 0.4) is 0 Å². The molecule has 2 rings (SSSR count). The molecule has 2 N–H and O–H groups in total. The van der Waals surface area contributed by atoms with Gasteiger partial charge in [0.15, 0.2) is 11.5 Å². The molecule has 0 aliphatic rings. The number of nitrogens with zero attached hydrogens (tertiary/aromatic N) is 1. The number of aryl methyl sites for hydroxylation is 1. The van der Waals surface area contributed by atoms with E-state index in [0.717, 1.165) is 16.8 Å². The highest BCUT2D eigenvalue weighted by Crippen LogP contribution is 2.34. The molecule has 0 amide bonds. The monoisotopic (exact) mass is 368 g/mol. The Morgan fingerprint density at radius 1 is 1.33 bits per heavy atom. The van der Waals surface area contributed by atoms with Crippen molar-refractivity contribution in [3.8, 4) is 11.5 Å². The Morgan fingerprint density at radius 2 is 2.10 bits per heavy atom. The Bertz CT molecular complexity index is 690. The van der Waals surface area contributed by atoms with E-state index < -0.39 is 0 Å². The van der Waals surface area contributed by atoms with Gasteiger partial charge in [0.05, 0.1) is 23.5 Å². The lowest BCUT2D eigenvalue weighted by molar-refractivity contribution is 0.372. The zero-order valence-corrected chi connectivity index (χ0v) is 13.9. The summed E-state index contributed by atoms with van der Waals surface area (Å²) in [6.45, 7) is 1.94. The fourth-order valence-electron chi connectivity index (χ4n) is 1.67. The van der Waals surface area contributed by atoms with Crippen LogP contribution in [0.2, 0.25) is 5.02 Å². The molecule has 6 heteroatoms. The molecule has 0 fully saturated rings. The van der Waals surface area contributed by atoms with Crippen molar-refractivity contribution in [1.29, 1.82) is 0 Å². The maximum Gasteiger partial charge on any atom is 0.172 e. The van der Waals surface area contributed by atoms with Crippen LogP contribution in [0, 0.1) is 6.92 Å². The summed E-state index contributed by atoms with van der Waals surface area (Å²) in [6.07, 6.45) is 1.63. The van der Waals surface area contributed by atoms with Gasteiger partial charge in [-0.25, -0.2) is 0 Å². The van der Waals surface area contributed by atoms with Crippen molar-refractivity contribution in [2.75, 3.05) is 12.5 Å². The average molecular weight is 370 g/mol. The fraction of sp³-hybridized carbons (Fsp3) is 0.133. The molecule has 0 radical (unpaired) electrons. The van der Waals surface area contributed by atoms with Crippen molar-refractivity contribution in [3.63, 3.8) is 0 Å². The first-order chi connectivity index (χ1) is 10.0. The van der Waals surface area contributed by atoms with Crippen LogP contribution in [0.1, 0.15) is 11.1 Å². The molecule has 2 aromatic carbocycles. The number of halogens is 2. The fourth-order valence-corrected chi connectivity index (χ4v) is 2.31. The van der Waals surface area contributed by atoms with Gasteiger partial charge in [-0.05, 0) is 58.2 Å². The lowest BCUT2D eigenvalue weighted by atomic mass is 10.2. The highest BCUT2D eigenvalue weighted by molar-refractivity contribution is 9.10. The molecule has 0 heterocycles. The number of hydrazone groups is 1. The number of aromatic hydroxyl groups is 1. The molecular weight excluding hydrogens is 356 g/mol. The van der Waals surface area contributed by atoms with E-state index in [2.05, 4.69) is 26.5 Å². The number of rotatable bonds is 4. The second kappa shape index (κ2) is 6.83. The van der Waals surface area contributed by atoms with Crippen molar-refractivity contribution in [3.05, 3.63) is 51.0 Å². The number of phenolic OH excluding ortho intramolecular Hbond substituents is 1. The predicted octanol–water partition coefficient (Wildman–Crippen LogP) is 4.57. The Hall–Kier alpha value is -1.72. The van der Waals surface area contributed by atoms with Crippen molar-refractivity contribution in [2.24, 2.45) is 5.10 Å². The van der Waals surface area contributed by atoms with Crippen LogP contribution in [-0.2, 0) is 0 Å². The number of hydrogen-bond acceptors (Lipinski definition) is 4. The van der Waals surface area contributed by atoms with Crippen LogP contribution >= 0.6 is 27.5 Å². The van der Waals surface area contributed by atoms with Gasteiger partial charge in [0, 0.05) is 5.02 Å². The maximum absolute atomic E-state index is 9.74. The SMILES string of the molecule is COc1cc(C=NNc2ccc(C)c(Cl)c2)cc(Br)c1O. The van der Waals surface area contributed by atoms with Crippen LogP contribution in [0.5, 0.6) is 11.5 Å². The number of anilines is 1. The normalized spacial score (nSPS) is 10.9. The van der Waals surface area contributed by atoms with E-state index in [1.807, 2.05) is 25.1 Å². The third-order valence-corrected chi connectivity index (χ3v) is 3.86. The summed E-state index contributed by atoms with van der Waals surface area (Å²) in [5.74, 6) is 0.442. The molecule has 0 aliphatic carbocycles. The smallest absolute Gasteiger partial charge is 0.172 e. The molecule has 0 bridgehead atoms. The molecule has 0 unspecified atom stereocenters. The van der Waals surface area contributed by atoms with Gasteiger partial charge in [-0.2, -0.15) is 5.10 Å². The largest absolute Gasteiger partial charge is 0.503 e. The molecule has 0 saturated carbocycles. The standard InChI is InChI=1S/C15H14BrClN2O2/c1-9-3-4-11(7-13(9)17)19-18-8-10-5-12(16)15(20)14(6-10)21-2/h3-8,19-20H,1-2H3. The van der Waals surface area contributed by atoms with E-state index in [0.29, 0.717) is 15.2 Å². The minimum absolute atomic E-state index is 0.0629. The minimum Gasteiger partial charge on any atom is -0.503 e. The number of phenols is 1. The van der Waals surface area contributed by atoms with Crippen LogP contribution in [0.4, 0.5) is 5.69 Å². The van der Waals surface area contributed by atoms with Crippen molar-refractivity contribution in [1.82, 2.24) is 0 Å². The van der Waals surface area contributed by atoms with Gasteiger partial charge in [-0.1, -0.05) is 17.7 Å². The summed E-state index contributed by atoms with van der Waals surface area (Å²) < 4.78 is 5.62. The van der Waals surface area contributed by atoms with E-state index in [1.165, 1.54) is 7.11 Å². The van der Waals surface area contributed by atoms with Gasteiger partial charge in [0.1, 0.15) is 0 Å². The summed E-state index contributed by atoms with van der Waals surface area (Å²) >= 11 is 9.31. The van der Waals surface area contributed by atoms with Gasteiger partial charge < -0.3 is 9.84 Å². The number of benzene rings is 2. The minimum atomic E-state index is 0.0629. The lowest BCUT2D eigenvalue weighted by Gasteiger charge is -2.06. The van der Waals surface area contributed by atoms with Crippen molar-refractivity contribution in [2.45, 2.75) is 6.92 Å². The second-order valence-corrected chi connectivity index (χ2v) is 5.65. The molecule has 0 spiro atoms. The van der Waals surface area contributed by atoms with Gasteiger partial charge in [0.2, 0.25) is 0 Å². The van der Waals surface area contributed by atoms with Crippen LogP contribution in [0.25, 0.3) is 0 Å².